The quantitative estimate of drug-likeness (QED) is 0.568. The molecular formula is C8H14F2N2O2. The summed E-state index contributed by atoms with van der Waals surface area (Å²) in [4.78, 5) is 10.7. The summed E-state index contributed by atoms with van der Waals surface area (Å²) in [5.41, 5.74) is 7.61. The SMILES string of the molecule is CCC(=CCN)C(N)(C(=O)O)C(F)F. The Morgan fingerprint density at radius 2 is 2.14 bits per heavy atom. The first kappa shape index (κ1) is 13.0. The molecule has 0 aromatic heterocycles. The van der Waals surface area contributed by atoms with Crippen molar-refractivity contribution < 1.29 is 18.7 Å². The predicted molar refractivity (Wildman–Crippen MR) is 48.0 cm³/mol. The van der Waals surface area contributed by atoms with E-state index in [2.05, 4.69) is 0 Å². The van der Waals surface area contributed by atoms with Gasteiger partial charge in [-0.25, -0.2) is 13.6 Å². The molecule has 0 spiro atoms. The van der Waals surface area contributed by atoms with Crippen LogP contribution in [-0.2, 0) is 4.79 Å². The van der Waals surface area contributed by atoms with Gasteiger partial charge in [-0.2, -0.15) is 0 Å². The predicted octanol–water partition coefficient (Wildman–Crippen LogP) is 0.329. The minimum absolute atomic E-state index is 0.0118. The fraction of sp³-hybridized carbons (Fsp3) is 0.625. The average molecular weight is 208 g/mol. The highest BCUT2D eigenvalue weighted by molar-refractivity contribution is 5.83. The van der Waals surface area contributed by atoms with E-state index < -0.39 is 17.9 Å². The van der Waals surface area contributed by atoms with Crippen molar-refractivity contribution in [3.63, 3.8) is 0 Å². The Bertz CT molecular complexity index is 243. The zero-order valence-electron chi connectivity index (χ0n) is 7.84. The Morgan fingerprint density at radius 1 is 1.64 bits per heavy atom. The molecule has 0 heterocycles. The Kier molecular flexibility index (Phi) is 4.65. The smallest absolute Gasteiger partial charge is 0.334 e. The van der Waals surface area contributed by atoms with E-state index in [0.29, 0.717) is 0 Å². The van der Waals surface area contributed by atoms with Crippen LogP contribution in [0.5, 0.6) is 0 Å². The second-order valence-corrected chi connectivity index (χ2v) is 2.79. The Hall–Kier alpha value is -1.01. The standard InChI is InChI=1S/C8H14F2N2O2/c1-2-5(3-4-11)8(12,6(9)10)7(13)14/h3,6H,2,4,11-12H2,1H3,(H,13,14). The van der Waals surface area contributed by atoms with Crippen LogP contribution in [0.4, 0.5) is 8.78 Å². The lowest BCUT2D eigenvalue weighted by molar-refractivity contribution is -0.147. The number of nitrogens with two attached hydrogens (primary N) is 2. The van der Waals surface area contributed by atoms with E-state index in [9.17, 15) is 13.6 Å². The zero-order chi connectivity index (χ0) is 11.4. The van der Waals surface area contributed by atoms with Crippen molar-refractivity contribution in [3.05, 3.63) is 11.6 Å². The number of rotatable bonds is 5. The van der Waals surface area contributed by atoms with Gasteiger partial charge in [0.05, 0.1) is 0 Å². The molecule has 0 saturated carbocycles. The fourth-order valence-electron chi connectivity index (χ4n) is 1.12. The van der Waals surface area contributed by atoms with Gasteiger partial charge in [-0.15, -0.1) is 0 Å². The molecule has 0 amide bonds. The molecule has 0 aliphatic carbocycles. The first-order valence-corrected chi connectivity index (χ1v) is 4.11. The molecule has 0 fully saturated rings. The largest absolute Gasteiger partial charge is 0.479 e. The number of carbonyl (C=O) groups is 1. The van der Waals surface area contributed by atoms with Gasteiger partial charge in [0, 0.05) is 6.54 Å². The first-order chi connectivity index (χ1) is 6.41. The van der Waals surface area contributed by atoms with Crippen LogP contribution in [0.25, 0.3) is 0 Å². The summed E-state index contributed by atoms with van der Waals surface area (Å²) < 4.78 is 25.0. The van der Waals surface area contributed by atoms with Crippen molar-refractivity contribution in [2.75, 3.05) is 6.54 Å². The molecule has 1 unspecified atom stereocenters. The number of halogens is 2. The lowest BCUT2D eigenvalue weighted by Gasteiger charge is -2.26. The Balaban J connectivity index is 5.18. The van der Waals surface area contributed by atoms with Gasteiger partial charge >= 0.3 is 5.97 Å². The van der Waals surface area contributed by atoms with E-state index in [1.807, 2.05) is 0 Å². The summed E-state index contributed by atoms with van der Waals surface area (Å²) in [6.45, 7) is 1.54. The molecule has 4 nitrogen and oxygen atoms in total. The highest BCUT2D eigenvalue weighted by Gasteiger charge is 2.46. The normalized spacial score (nSPS) is 16.9. The van der Waals surface area contributed by atoms with Crippen LogP contribution in [0.3, 0.4) is 0 Å². The zero-order valence-corrected chi connectivity index (χ0v) is 7.84. The summed E-state index contributed by atoms with van der Waals surface area (Å²) in [6.07, 6.45) is -1.80. The van der Waals surface area contributed by atoms with Gasteiger partial charge in [-0.05, 0) is 12.0 Å². The highest BCUT2D eigenvalue weighted by atomic mass is 19.3. The van der Waals surface area contributed by atoms with Crippen molar-refractivity contribution in [3.8, 4) is 0 Å². The van der Waals surface area contributed by atoms with Crippen LogP contribution in [0.15, 0.2) is 11.6 Å². The van der Waals surface area contributed by atoms with Crippen molar-refractivity contribution in [2.24, 2.45) is 11.5 Å². The third-order valence-corrected chi connectivity index (χ3v) is 1.97. The van der Waals surface area contributed by atoms with Gasteiger partial charge in [0.25, 0.3) is 6.43 Å². The summed E-state index contributed by atoms with van der Waals surface area (Å²) >= 11 is 0. The van der Waals surface area contributed by atoms with Gasteiger partial charge in [0.1, 0.15) is 0 Å². The van der Waals surface area contributed by atoms with Crippen LogP contribution in [0.2, 0.25) is 0 Å². The number of alkyl halides is 2. The molecule has 0 bridgehead atoms. The topological polar surface area (TPSA) is 89.3 Å². The molecule has 0 aromatic rings. The molecule has 14 heavy (non-hydrogen) atoms. The molecule has 1 atom stereocenters. The monoisotopic (exact) mass is 208 g/mol. The molecule has 0 rings (SSSR count). The van der Waals surface area contributed by atoms with Crippen LogP contribution in [0.1, 0.15) is 13.3 Å². The second-order valence-electron chi connectivity index (χ2n) is 2.79. The summed E-state index contributed by atoms with van der Waals surface area (Å²) in [6, 6.07) is 0. The number of hydrogen-bond acceptors (Lipinski definition) is 3. The Morgan fingerprint density at radius 3 is 2.36 bits per heavy atom. The molecule has 5 N–H and O–H groups in total. The highest BCUT2D eigenvalue weighted by Crippen LogP contribution is 2.24. The van der Waals surface area contributed by atoms with E-state index in [1.165, 1.54) is 6.08 Å². The van der Waals surface area contributed by atoms with Gasteiger partial charge in [0.15, 0.2) is 5.54 Å². The lowest BCUT2D eigenvalue weighted by atomic mass is 9.89. The molecule has 0 aliphatic rings. The second kappa shape index (κ2) is 5.02. The summed E-state index contributed by atoms with van der Waals surface area (Å²) in [5.74, 6) is -1.74. The third kappa shape index (κ3) is 2.27. The molecule has 0 aromatic carbocycles. The van der Waals surface area contributed by atoms with Gasteiger partial charge in [-0.3, -0.25) is 0 Å². The van der Waals surface area contributed by atoms with E-state index in [0.717, 1.165) is 0 Å². The third-order valence-electron chi connectivity index (χ3n) is 1.97. The number of carboxylic acid groups (broad SMARTS) is 1. The van der Waals surface area contributed by atoms with Crippen LogP contribution in [-0.4, -0.2) is 29.6 Å². The summed E-state index contributed by atoms with van der Waals surface area (Å²) in [7, 11) is 0. The maximum Gasteiger partial charge on any atom is 0.334 e. The lowest BCUT2D eigenvalue weighted by Crippen LogP contribution is -2.55. The van der Waals surface area contributed by atoms with E-state index >= 15 is 0 Å². The maximum atomic E-state index is 12.5. The molecule has 0 aliphatic heterocycles. The minimum Gasteiger partial charge on any atom is -0.479 e. The van der Waals surface area contributed by atoms with Crippen molar-refractivity contribution in [1.82, 2.24) is 0 Å². The van der Waals surface area contributed by atoms with E-state index in [-0.39, 0.29) is 18.5 Å². The molecular weight excluding hydrogens is 194 g/mol. The van der Waals surface area contributed by atoms with Gasteiger partial charge in [0.2, 0.25) is 0 Å². The Labute approximate surface area is 80.6 Å². The number of carboxylic acids is 1. The molecule has 82 valence electrons. The first-order valence-electron chi connectivity index (χ1n) is 4.11. The molecule has 6 heteroatoms. The van der Waals surface area contributed by atoms with Crippen molar-refractivity contribution >= 4 is 5.97 Å². The van der Waals surface area contributed by atoms with Gasteiger partial charge < -0.3 is 16.6 Å². The van der Waals surface area contributed by atoms with Crippen LogP contribution < -0.4 is 11.5 Å². The van der Waals surface area contributed by atoms with Gasteiger partial charge in [-0.1, -0.05) is 13.0 Å². The maximum absolute atomic E-state index is 12.5. The van der Waals surface area contributed by atoms with Crippen LogP contribution >= 0.6 is 0 Å². The number of hydrogen-bond donors (Lipinski definition) is 3. The molecule has 0 saturated heterocycles. The van der Waals surface area contributed by atoms with Crippen molar-refractivity contribution in [1.29, 1.82) is 0 Å². The van der Waals surface area contributed by atoms with Crippen molar-refractivity contribution in [2.45, 2.75) is 25.3 Å². The number of aliphatic carboxylic acids is 1. The summed E-state index contributed by atoms with van der Waals surface area (Å²) in [5, 5.41) is 8.64. The van der Waals surface area contributed by atoms with E-state index in [1.54, 1.807) is 6.92 Å². The minimum atomic E-state index is -3.15. The fourth-order valence-corrected chi connectivity index (χ4v) is 1.12. The van der Waals surface area contributed by atoms with E-state index in [4.69, 9.17) is 16.6 Å². The molecule has 0 radical (unpaired) electrons. The average Bonchev–Trinajstić information content (AvgIpc) is 2.12. The van der Waals surface area contributed by atoms with Crippen LogP contribution in [0, 0.1) is 0 Å².